The third kappa shape index (κ3) is 1.98. The van der Waals surface area contributed by atoms with Crippen molar-refractivity contribution in [3.8, 4) is 0 Å². The molecule has 1 rings (SSSR count). The van der Waals surface area contributed by atoms with E-state index < -0.39 is 0 Å². The van der Waals surface area contributed by atoms with E-state index in [0.29, 0.717) is 6.04 Å². The number of piperidine rings is 1. The first-order chi connectivity index (χ1) is 5.57. The van der Waals surface area contributed by atoms with Gasteiger partial charge in [-0.3, -0.25) is 0 Å². The van der Waals surface area contributed by atoms with E-state index in [2.05, 4.69) is 30.5 Å². The van der Waals surface area contributed by atoms with E-state index in [4.69, 9.17) is 6.57 Å². The highest BCUT2D eigenvalue weighted by Gasteiger charge is 2.35. The second-order valence-corrected chi connectivity index (χ2v) is 4.24. The molecule has 0 spiro atoms. The zero-order chi connectivity index (χ0) is 9.19. The monoisotopic (exact) mass is 166 g/mol. The Morgan fingerprint density at radius 3 is 2.17 bits per heavy atom. The second kappa shape index (κ2) is 3.45. The Hall–Kier alpha value is -0.550. The largest absolute Gasteiger partial charge is 0.311 e. The minimum absolute atomic E-state index is 0.0641. The van der Waals surface area contributed by atoms with Gasteiger partial charge in [-0.2, -0.15) is 0 Å². The van der Waals surface area contributed by atoms with Gasteiger partial charge in [-0.15, -0.1) is 0 Å². The second-order valence-electron chi connectivity index (χ2n) is 4.24. The molecule has 0 amide bonds. The standard InChI is InChI=1S/C10H18N2/c1-9(2)12-7-5-10(3,11-4)6-8-12/h9H,5-8H2,1-3H3. The molecule has 0 bridgehead atoms. The van der Waals surface area contributed by atoms with Gasteiger partial charge >= 0.3 is 0 Å². The molecule has 1 heterocycles. The van der Waals surface area contributed by atoms with Crippen LogP contribution in [0.4, 0.5) is 0 Å². The fraction of sp³-hybridized carbons (Fsp3) is 0.900. The molecule has 1 aliphatic rings. The van der Waals surface area contributed by atoms with Crippen molar-refractivity contribution in [2.75, 3.05) is 13.1 Å². The molecule has 0 saturated carbocycles. The first kappa shape index (κ1) is 9.54. The summed E-state index contributed by atoms with van der Waals surface area (Å²) in [6.45, 7) is 15.8. The number of likely N-dealkylation sites (tertiary alicyclic amines) is 1. The normalized spacial score (nSPS) is 23.9. The van der Waals surface area contributed by atoms with E-state index in [-0.39, 0.29) is 5.54 Å². The van der Waals surface area contributed by atoms with E-state index in [9.17, 15) is 0 Å². The van der Waals surface area contributed by atoms with Crippen LogP contribution >= 0.6 is 0 Å². The Labute approximate surface area is 75.4 Å². The molecular formula is C10H18N2. The maximum absolute atomic E-state index is 7.07. The SMILES string of the molecule is [C-]#[N+]C1(C)CCN(C(C)C)CC1. The lowest BCUT2D eigenvalue weighted by molar-refractivity contribution is 0.154. The average molecular weight is 166 g/mol. The van der Waals surface area contributed by atoms with Crippen molar-refractivity contribution >= 4 is 0 Å². The smallest absolute Gasteiger partial charge is 0.232 e. The van der Waals surface area contributed by atoms with E-state index in [1.165, 1.54) is 0 Å². The molecule has 12 heavy (non-hydrogen) atoms. The predicted octanol–water partition coefficient (Wildman–Crippen LogP) is 2.17. The minimum atomic E-state index is -0.0641. The van der Waals surface area contributed by atoms with Gasteiger partial charge < -0.3 is 9.74 Å². The highest BCUT2D eigenvalue weighted by Crippen LogP contribution is 2.26. The first-order valence-electron chi connectivity index (χ1n) is 4.70. The van der Waals surface area contributed by atoms with Crippen molar-refractivity contribution in [2.24, 2.45) is 0 Å². The lowest BCUT2D eigenvalue weighted by atomic mass is 9.90. The molecular weight excluding hydrogens is 148 g/mol. The molecule has 0 N–H and O–H groups in total. The van der Waals surface area contributed by atoms with Crippen LogP contribution in [-0.4, -0.2) is 29.6 Å². The van der Waals surface area contributed by atoms with E-state index in [1.807, 2.05) is 0 Å². The maximum Gasteiger partial charge on any atom is 0.232 e. The summed E-state index contributed by atoms with van der Waals surface area (Å²) < 4.78 is 0. The Kier molecular flexibility index (Phi) is 2.74. The predicted molar refractivity (Wildman–Crippen MR) is 51.0 cm³/mol. The molecule has 68 valence electrons. The summed E-state index contributed by atoms with van der Waals surface area (Å²) >= 11 is 0. The van der Waals surface area contributed by atoms with E-state index in [0.717, 1.165) is 25.9 Å². The molecule has 0 radical (unpaired) electrons. The molecule has 0 aromatic heterocycles. The Morgan fingerprint density at radius 2 is 1.83 bits per heavy atom. The summed E-state index contributed by atoms with van der Waals surface area (Å²) in [5.74, 6) is 0. The van der Waals surface area contributed by atoms with Crippen LogP contribution in [0.2, 0.25) is 0 Å². The van der Waals surface area contributed by atoms with Gasteiger partial charge in [-0.1, -0.05) is 0 Å². The van der Waals surface area contributed by atoms with Gasteiger partial charge in [0.25, 0.3) is 0 Å². The number of hydrogen-bond donors (Lipinski definition) is 0. The molecule has 0 unspecified atom stereocenters. The van der Waals surface area contributed by atoms with Crippen LogP contribution < -0.4 is 0 Å². The lowest BCUT2D eigenvalue weighted by Crippen LogP contribution is -2.43. The highest BCUT2D eigenvalue weighted by molar-refractivity contribution is 4.98. The maximum atomic E-state index is 7.07. The molecule has 0 aromatic carbocycles. The summed E-state index contributed by atoms with van der Waals surface area (Å²) in [5.41, 5.74) is -0.0641. The topological polar surface area (TPSA) is 7.60 Å². The molecule has 2 heteroatoms. The zero-order valence-corrected chi connectivity index (χ0v) is 8.30. The average Bonchev–Trinajstić information content (AvgIpc) is 2.05. The first-order valence-corrected chi connectivity index (χ1v) is 4.70. The van der Waals surface area contributed by atoms with Crippen molar-refractivity contribution in [1.29, 1.82) is 0 Å². The Balaban J connectivity index is 2.46. The summed E-state index contributed by atoms with van der Waals surface area (Å²) in [4.78, 5) is 6.15. The van der Waals surface area contributed by atoms with Crippen LogP contribution in [0, 0.1) is 6.57 Å². The molecule has 1 saturated heterocycles. The van der Waals surface area contributed by atoms with E-state index >= 15 is 0 Å². The van der Waals surface area contributed by atoms with Gasteiger partial charge in [0.2, 0.25) is 5.54 Å². The fourth-order valence-electron chi connectivity index (χ4n) is 1.63. The van der Waals surface area contributed by atoms with Gasteiger partial charge in [-0.05, 0) is 13.8 Å². The van der Waals surface area contributed by atoms with Crippen LogP contribution in [0.25, 0.3) is 4.85 Å². The molecule has 0 atom stereocenters. The van der Waals surface area contributed by atoms with Gasteiger partial charge in [0.1, 0.15) is 0 Å². The van der Waals surface area contributed by atoms with Crippen LogP contribution in [0.15, 0.2) is 0 Å². The van der Waals surface area contributed by atoms with Crippen LogP contribution in [0.1, 0.15) is 33.6 Å². The van der Waals surface area contributed by atoms with Crippen LogP contribution in [0.3, 0.4) is 0 Å². The summed E-state index contributed by atoms with van der Waals surface area (Å²) in [7, 11) is 0. The molecule has 1 aliphatic heterocycles. The number of nitrogens with zero attached hydrogens (tertiary/aromatic N) is 2. The van der Waals surface area contributed by atoms with Crippen molar-refractivity contribution in [3.63, 3.8) is 0 Å². The highest BCUT2D eigenvalue weighted by atomic mass is 15.2. The van der Waals surface area contributed by atoms with Crippen LogP contribution in [-0.2, 0) is 0 Å². The lowest BCUT2D eigenvalue weighted by Gasteiger charge is -2.34. The third-order valence-corrected chi connectivity index (χ3v) is 2.88. The zero-order valence-electron chi connectivity index (χ0n) is 8.30. The third-order valence-electron chi connectivity index (χ3n) is 2.88. The van der Waals surface area contributed by atoms with Gasteiger partial charge in [0, 0.05) is 38.9 Å². The van der Waals surface area contributed by atoms with Crippen molar-refractivity contribution in [2.45, 2.75) is 45.2 Å². The molecule has 2 nitrogen and oxygen atoms in total. The summed E-state index contributed by atoms with van der Waals surface area (Å²) in [6, 6.07) is 0.639. The molecule has 0 aliphatic carbocycles. The van der Waals surface area contributed by atoms with Gasteiger partial charge in [-0.25, -0.2) is 6.57 Å². The molecule has 1 fully saturated rings. The van der Waals surface area contributed by atoms with E-state index in [1.54, 1.807) is 0 Å². The van der Waals surface area contributed by atoms with Crippen molar-refractivity contribution in [1.82, 2.24) is 4.90 Å². The van der Waals surface area contributed by atoms with Crippen molar-refractivity contribution < 1.29 is 0 Å². The Morgan fingerprint density at radius 1 is 1.33 bits per heavy atom. The minimum Gasteiger partial charge on any atom is -0.311 e. The summed E-state index contributed by atoms with van der Waals surface area (Å²) in [6.07, 6.45) is 2.07. The van der Waals surface area contributed by atoms with Gasteiger partial charge in [0.15, 0.2) is 0 Å². The fourth-order valence-corrected chi connectivity index (χ4v) is 1.63. The van der Waals surface area contributed by atoms with Crippen molar-refractivity contribution in [3.05, 3.63) is 11.4 Å². The van der Waals surface area contributed by atoms with Gasteiger partial charge in [0.05, 0.1) is 0 Å². The summed E-state index contributed by atoms with van der Waals surface area (Å²) in [5, 5.41) is 0. The Bertz CT molecular complexity index is 183. The quantitative estimate of drug-likeness (QED) is 0.542. The van der Waals surface area contributed by atoms with Crippen LogP contribution in [0.5, 0.6) is 0 Å². The molecule has 0 aromatic rings. The number of rotatable bonds is 1. The number of hydrogen-bond acceptors (Lipinski definition) is 1.